The number of ether oxygens (including phenoxy) is 1. The third-order valence-electron chi connectivity index (χ3n) is 14.5. The summed E-state index contributed by atoms with van der Waals surface area (Å²) in [7, 11) is 0. The topological polar surface area (TPSA) is 223 Å². The normalized spacial score (nSPS) is 20.0. The second kappa shape index (κ2) is 19.2. The highest BCUT2D eigenvalue weighted by atomic mass is 19.1. The molecule has 4 saturated heterocycles. The van der Waals surface area contributed by atoms with Gasteiger partial charge in [-0.1, -0.05) is 5.16 Å². The van der Waals surface area contributed by atoms with E-state index in [-0.39, 0.29) is 60.0 Å². The molecule has 1 atom stereocenters. The average molecular weight is 964 g/mol. The maximum absolute atomic E-state index is 15.3. The standard InChI is InChI=1S/C49H59F2N13O6/c1-49(2,3)64-25-33(39-44(52)55-27-56-46(39)64)41-40(43(70-59-41)30-4-5-30)45-53-22-31(23-54-45)29-10-14-63(15-11-29)48(68)69-26-38(66)61-12-8-28(9-13-61)24-60-16-18-62(19-17-60)42-34(50)20-32(21-35(42)51)57-36-6-7-37(65)58-47(36)67/h20-23,25,27-30,36,57H,4-19,24,26H2,1-3H3,(H2,52,55,56)(H,58,65,67)/t36-/m1/s1. The van der Waals surface area contributed by atoms with Crippen LogP contribution in [-0.4, -0.2) is 140 Å². The molecule has 0 unspecified atom stereocenters. The molecule has 1 saturated carbocycles. The first kappa shape index (κ1) is 46.9. The van der Waals surface area contributed by atoms with Gasteiger partial charge in [-0.15, -0.1) is 0 Å². The monoisotopic (exact) mass is 963 g/mol. The molecule has 4 aliphatic heterocycles. The third-order valence-corrected chi connectivity index (χ3v) is 14.5. The van der Waals surface area contributed by atoms with Crippen molar-refractivity contribution in [3.05, 3.63) is 60.0 Å². The van der Waals surface area contributed by atoms with Gasteiger partial charge in [0.1, 0.15) is 35.2 Å². The number of benzene rings is 1. The summed E-state index contributed by atoms with van der Waals surface area (Å²) < 4.78 is 44.1. The molecule has 21 heteroatoms. The molecular weight excluding hydrogens is 905 g/mol. The number of carbonyl (C=O) groups is 4. The number of nitrogen functional groups attached to an aromatic ring is 1. The second-order valence-electron chi connectivity index (χ2n) is 20.3. The summed E-state index contributed by atoms with van der Waals surface area (Å²) in [6.45, 7) is 11.0. The number of hydrogen-bond donors (Lipinski definition) is 3. The van der Waals surface area contributed by atoms with Crippen molar-refractivity contribution in [1.82, 2.24) is 49.7 Å². The minimum atomic E-state index is -0.744. The van der Waals surface area contributed by atoms with Crippen LogP contribution in [0.4, 0.5) is 30.8 Å². The lowest BCUT2D eigenvalue weighted by molar-refractivity contribution is -0.136. The second-order valence-corrected chi connectivity index (χ2v) is 20.3. The molecule has 0 bridgehead atoms. The number of hydrogen-bond acceptors (Lipinski definition) is 15. The molecule has 370 valence electrons. The van der Waals surface area contributed by atoms with E-state index in [9.17, 15) is 19.2 Å². The van der Waals surface area contributed by atoms with Gasteiger partial charge in [0.15, 0.2) is 29.8 Å². The first-order chi connectivity index (χ1) is 33.7. The number of aromatic nitrogens is 6. The van der Waals surface area contributed by atoms with Crippen LogP contribution in [0, 0.1) is 17.6 Å². The quantitative estimate of drug-likeness (QED) is 0.137. The van der Waals surface area contributed by atoms with Gasteiger partial charge < -0.3 is 39.6 Å². The first-order valence-corrected chi connectivity index (χ1v) is 24.4. The number of anilines is 3. The molecule has 5 fully saturated rings. The Kier molecular flexibility index (Phi) is 12.9. The third kappa shape index (κ3) is 9.71. The minimum Gasteiger partial charge on any atom is -0.439 e. The Morgan fingerprint density at radius 1 is 0.871 bits per heavy atom. The van der Waals surface area contributed by atoms with Crippen LogP contribution in [0.3, 0.4) is 0 Å². The van der Waals surface area contributed by atoms with Gasteiger partial charge in [-0.2, -0.15) is 0 Å². The Labute approximate surface area is 403 Å². The van der Waals surface area contributed by atoms with Gasteiger partial charge >= 0.3 is 6.09 Å². The van der Waals surface area contributed by atoms with E-state index in [4.69, 9.17) is 25.0 Å². The highest BCUT2D eigenvalue weighted by Gasteiger charge is 2.37. The zero-order valence-electron chi connectivity index (χ0n) is 39.8. The van der Waals surface area contributed by atoms with Gasteiger partial charge in [-0.05, 0) is 95.2 Å². The average Bonchev–Trinajstić information content (AvgIpc) is 3.96. The van der Waals surface area contributed by atoms with Crippen LogP contribution in [0.15, 0.2) is 41.6 Å². The Hall–Kier alpha value is -6.77. The number of amides is 4. The fourth-order valence-corrected chi connectivity index (χ4v) is 10.4. The van der Waals surface area contributed by atoms with Crippen LogP contribution in [0.1, 0.15) is 95.3 Å². The van der Waals surface area contributed by atoms with Gasteiger partial charge in [-0.25, -0.2) is 33.5 Å². The molecule has 70 heavy (non-hydrogen) atoms. The van der Waals surface area contributed by atoms with Crippen LogP contribution in [-0.2, 0) is 24.7 Å². The van der Waals surface area contributed by atoms with Crippen LogP contribution < -0.4 is 21.3 Å². The first-order valence-electron chi connectivity index (χ1n) is 24.4. The van der Waals surface area contributed by atoms with Gasteiger partial charge in [0.05, 0.1) is 10.9 Å². The van der Waals surface area contributed by atoms with Crippen molar-refractivity contribution in [3.8, 4) is 22.6 Å². The Morgan fingerprint density at radius 3 is 2.21 bits per heavy atom. The van der Waals surface area contributed by atoms with Gasteiger partial charge in [0.2, 0.25) is 11.8 Å². The smallest absolute Gasteiger partial charge is 0.410 e. The van der Waals surface area contributed by atoms with E-state index in [0.717, 1.165) is 54.7 Å². The lowest BCUT2D eigenvalue weighted by Crippen LogP contribution is -2.50. The summed E-state index contributed by atoms with van der Waals surface area (Å²) in [6, 6.07) is 1.63. The molecule has 0 spiro atoms. The predicted molar refractivity (Wildman–Crippen MR) is 254 cm³/mol. The van der Waals surface area contributed by atoms with Crippen molar-refractivity contribution < 1.29 is 37.2 Å². The number of imide groups is 1. The highest BCUT2D eigenvalue weighted by molar-refractivity contribution is 6.03. The van der Waals surface area contributed by atoms with E-state index in [1.54, 1.807) is 14.7 Å². The Balaban J connectivity index is 0.666. The number of fused-ring (bicyclic) bond motifs is 1. The van der Waals surface area contributed by atoms with Crippen LogP contribution in [0.2, 0.25) is 0 Å². The summed E-state index contributed by atoms with van der Waals surface area (Å²) >= 11 is 0. The highest BCUT2D eigenvalue weighted by Crippen LogP contribution is 2.48. The number of likely N-dealkylation sites (tertiary alicyclic amines) is 2. The van der Waals surface area contributed by atoms with Gasteiger partial charge in [0.25, 0.3) is 5.91 Å². The minimum absolute atomic E-state index is 0.0925. The van der Waals surface area contributed by atoms with Gasteiger partial charge in [-0.3, -0.25) is 24.6 Å². The van der Waals surface area contributed by atoms with Crippen molar-refractivity contribution >= 4 is 52.0 Å². The fourth-order valence-electron chi connectivity index (χ4n) is 10.4. The van der Waals surface area contributed by atoms with Crippen molar-refractivity contribution in [2.24, 2.45) is 5.92 Å². The number of carbonyl (C=O) groups excluding carboxylic acids is 4. The summed E-state index contributed by atoms with van der Waals surface area (Å²) in [5, 5.41) is 10.4. The molecule has 1 aromatic carbocycles. The van der Waals surface area contributed by atoms with Crippen LogP contribution >= 0.6 is 0 Å². The van der Waals surface area contributed by atoms with Crippen LogP contribution in [0.25, 0.3) is 33.7 Å². The summed E-state index contributed by atoms with van der Waals surface area (Å²) in [6.07, 6.45) is 12.1. The van der Waals surface area contributed by atoms with Crippen molar-refractivity contribution in [2.45, 2.75) is 95.6 Å². The molecule has 1 aliphatic carbocycles. The number of nitrogens with zero attached hydrogens (tertiary/aromatic N) is 10. The van der Waals surface area contributed by atoms with Crippen LogP contribution in [0.5, 0.6) is 0 Å². The maximum Gasteiger partial charge on any atom is 0.410 e. The molecule has 5 aromatic rings. The van der Waals surface area contributed by atoms with E-state index in [0.29, 0.717) is 99.5 Å². The molecule has 19 nitrogen and oxygen atoms in total. The van der Waals surface area contributed by atoms with E-state index in [1.807, 2.05) is 18.6 Å². The fraction of sp³-hybridized carbons (Fsp3) is 0.531. The summed E-state index contributed by atoms with van der Waals surface area (Å²) in [4.78, 5) is 75.9. The van der Waals surface area contributed by atoms with Crippen molar-refractivity contribution in [1.29, 1.82) is 0 Å². The predicted octanol–water partition coefficient (Wildman–Crippen LogP) is 5.63. The largest absolute Gasteiger partial charge is 0.439 e. The van der Waals surface area contributed by atoms with E-state index >= 15 is 8.78 Å². The lowest BCUT2D eigenvalue weighted by Gasteiger charge is -2.39. The maximum atomic E-state index is 15.3. The van der Waals surface area contributed by atoms with Crippen molar-refractivity contribution in [3.63, 3.8) is 0 Å². The number of nitrogens with two attached hydrogens (primary N) is 1. The molecule has 4 aromatic heterocycles. The zero-order valence-corrected chi connectivity index (χ0v) is 39.8. The van der Waals surface area contributed by atoms with E-state index in [2.05, 4.69) is 56.0 Å². The molecule has 8 heterocycles. The zero-order chi connectivity index (χ0) is 48.8. The number of halogens is 2. The molecular formula is C49H59F2N13O6. The number of piperidine rings is 3. The number of rotatable bonds is 11. The summed E-state index contributed by atoms with van der Waals surface area (Å²) in [5.74, 6) is -0.160. The van der Waals surface area contributed by atoms with E-state index < -0.39 is 29.7 Å². The molecule has 4 amide bonds. The SMILES string of the molecule is CC(C)(C)n1cc(-c2noc(C3CC3)c2-c2ncc(C3CCN(C(=O)OCC(=O)N4CCC(CN5CCN(c6c(F)cc(N[C@@H]7CCC(=O)NC7=O)cc6F)CC5)CC4)CC3)cn2)c2c(N)ncnc21. The molecule has 4 N–H and O–H groups in total. The molecule has 0 radical (unpaired) electrons. The number of nitrogens with one attached hydrogen (secondary N) is 2. The van der Waals surface area contributed by atoms with Crippen molar-refractivity contribution in [2.75, 3.05) is 81.5 Å². The summed E-state index contributed by atoms with van der Waals surface area (Å²) in [5.41, 5.74) is 10.0. The molecule has 10 rings (SSSR count). The Bertz CT molecular complexity index is 2760. The molecule has 5 aliphatic rings. The Morgan fingerprint density at radius 2 is 1.56 bits per heavy atom. The van der Waals surface area contributed by atoms with Gasteiger partial charge in [0, 0.05) is 107 Å². The van der Waals surface area contributed by atoms with E-state index in [1.165, 1.54) is 18.5 Å². The lowest BCUT2D eigenvalue weighted by atomic mass is 9.91. The number of piperazine rings is 1.